The van der Waals surface area contributed by atoms with E-state index in [9.17, 15) is 0 Å². The Kier molecular flexibility index (Phi) is 2.82. The van der Waals surface area contributed by atoms with E-state index in [4.69, 9.17) is 0 Å². The predicted octanol–water partition coefficient (Wildman–Crippen LogP) is 2.03. The molecule has 1 radical (unpaired) electrons. The molecule has 35 valence electrons. The maximum atomic E-state index is 3.74. The molecule has 0 N–H and O–H groups in total. The first-order valence-corrected chi connectivity index (χ1v) is 2.23. The van der Waals surface area contributed by atoms with Crippen LogP contribution in [0.5, 0.6) is 0 Å². The van der Waals surface area contributed by atoms with Crippen LogP contribution >= 0.6 is 0 Å². The van der Waals surface area contributed by atoms with Crippen molar-refractivity contribution in [2.24, 2.45) is 5.92 Å². The number of hydrogen-bond acceptors (Lipinski definition) is 0. The summed E-state index contributed by atoms with van der Waals surface area (Å²) in [6.07, 6.45) is 4.07. The largest absolute Gasteiger partial charge is 0.0914 e. The predicted molar refractivity (Wildman–Crippen MR) is 29.3 cm³/mol. The van der Waals surface area contributed by atoms with Crippen LogP contribution in [0, 0.1) is 12.8 Å². The molecule has 0 nitrogen and oxygen atoms in total. The summed E-state index contributed by atoms with van der Waals surface area (Å²) >= 11 is 0. The second-order valence-electron chi connectivity index (χ2n) is 1.50. The molecule has 0 bridgehead atoms. The zero-order chi connectivity index (χ0) is 4.99. The third-order valence-corrected chi connectivity index (χ3v) is 0.521. The molecule has 0 heteroatoms. The highest BCUT2D eigenvalue weighted by molar-refractivity contribution is 4.83. The molecule has 0 spiro atoms. The summed E-state index contributed by atoms with van der Waals surface area (Å²) < 4.78 is 0. The highest BCUT2D eigenvalue weighted by Crippen LogP contribution is 1.89. The van der Waals surface area contributed by atoms with Crippen LogP contribution in [0.15, 0.2) is 12.2 Å². The Balaban J connectivity index is 3.03. The second-order valence-corrected chi connectivity index (χ2v) is 1.50. The average molecular weight is 83.2 g/mol. The molecule has 0 aliphatic carbocycles. The van der Waals surface area contributed by atoms with E-state index in [1.165, 1.54) is 0 Å². The van der Waals surface area contributed by atoms with Crippen molar-refractivity contribution in [3.8, 4) is 0 Å². The topological polar surface area (TPSA) is 0 Å². The van der Waals surface area contributed by atoms with Gasteiger partial charge in [-0.15, -0.1) is 0 Å². The zero-order valence-corrected chi connectivity index (χ0v) is 4.44. The van der Waals surface area contributed by atoms with Gasteiger partial charge in [0.05, 0.1) is 0 Å². The van der Waals surface area contributed by atoms with Crippen LogP contribution in [0.4, 0.5) is 0 Å². The first kappa shape index (κ1) is 5.74. The van der Waals surface area contributed by atoms with Crippen molar-refractivity contribution in [1.29, 1.82) is 0 Å². The second kappa shape index (κ2) is 2.95. The smallest absolute Gasteiger partial charge is 0.0262 e. The Labute approximate surface area is 39.9 Å². The molecule has 0 aliphatic heterocycles. The van der Waals surface area contributed by atoms with Gasteiger partial charge >= 0.3 is 0 Å². The van der Waals surface area contributed by atoms with E-state index < -0.39 is 0 Å². The minimum absolute atomic E-state index is 0.468. The fourth-order valence-corrected chi connectivity index (χ4v) is 0.329. The van der Waals surface area contributed by atoms with Gasteiger partial charge in [-0.3, -0.25) is 0 Å². The summed E-state index contributed by atoms with van der Waals surface area (Å²) in [7, 11) is 0. The summed E-state index contributed by atoms with van der Waals surface area (Å²) in [4.78, 5) is 0. The number of hydrogen-bond donors (Lipinski definition) is 0. The van der Waals surface area contributed by atoms with Gasteiger partial charge in [-0.2, -0.15) is 0 Å². The minimum atomic E-state index is 0.468. The molecule has 0 aromatic carbocycles. The van der Waals surface area contributed by atoms with E-state index in [-0.39, 0.29) is 0 Å². The van der Waals surface area contributed by atoms with E-state index in [0.29, 0.717) is 5.92 Å². The molecular weight excluding hydrogens is 72.1 g/mol. The van der Waals surface area contributed by atoms with Crippen molar-refractivity contribution in [2.75, 3.05) is 0 Å². The normalized spacial score (nSPS) is 11.3. The summed E-state index contributed by atoms with van der Waals surface area (Å²) in [5, 5.41) is 0. The van der Waals surface area contributed by atoms with E-state index in [1.54, 1.807) is 0 Å². The Morgan fingerprint density at radius 1 is 1.67 bits per heavy atom. The lowest BCUT2D eigenvalue weighted by atomic mass is 10.2. The molecule has 0 rings (SSSR count). The van der Waals surface area contributed by atoms with E-state index in [0.717, 1.165) is 0 Å². The van der Waals surface area contributed by atoms with Gasteiger partial charge in [0.15, 0.2) is 0 Å². The standard InChI is InChI=1S/C6H11/c1-4-5-6(2)3/h4-6H,2H2,1,3H3/t6-/m0/s1. The lowest BCUT2D eigenvalue weighted by molar-refractivity contribution is 0.934. The van der Waals surface area contributed by atoms with Gasteiger partial charge in [0, 0.05) is 0 Å². The molecule has 0 aliphatic rings. The first-order chi connectivity index (χ1) is 2.77. The fraction of sp³-hybridized carbons (Fsp3) is 0.500. The lowest BCUT2D eigenvalue weighted by Gasteiger charge is -1.86. The van der Waals surface area contributed by atoms with Gasteiger partial charge in [-0.05, 0) is 19.8 Å². The summed E-state index contributed by atoms with van der Waals surface area (Å²) in [6, 6.07) is 0. The molecule has 0 aromatic heterocycles. The summed E-state index contributed by atoms with van der Waals surface area (Å²) in [6.45, 7) is 7.80. The SMILES string of the molecule is [CH2][C@@H](C)C=CC. The third kappa shape index (κ3) is 3.74. The quantitative estimate of drug-likeness (QED) is 0.425. The van der Waals surface area contributed by atoms with Gasteiger partial charge < -0.3 is 0 Å². The minimum Gasteiger partial charge on any atom is -0.0914 e. The molecule has 0 amide bonds. The molecule has 0 heterocycles. The molecule has 0 aromatic rings. The van der Waals surface area contributed by atoms with Crippen LogP contribution in [0.2, 0.25) is 0 Å². The van der Waals surface area contributed by atoms with Gasteiger partial charge in [0.1, 0.15) is 0 Å². The van der Waals surface area contributed by atoms with Crippen LogP contribution < -0.4 is 0 Å². The molecule has 0 unspecified atom stereocenters. The van der Waals surface area contributed by atoms with E-state index in [1.807, 2.05) is 13.0 Å². The molecule has 1 atom stereocenters. The van der Waals surface area contributed by atoms with E-state index in [2.05, 4.69) is 19.9 Å². The van der Waals surface area contributed by atoms with Crippen LogP contribution in [-0.4, -0.2) is 0 Å². The third-order valence-electron chi connectivity index (χ3n) is 0.521. The van der Waals surface area contributed by atoms with Crippen molar-refractivity contribution >= 4 is 0 Å². The molecule has 0 saturated carbocycles. The van der Waals surface area contributed by atoms with Crippen molar-refractivity contribution in [2.45, 2.75) is 13.8 Å². The highest BCUT2D eigenvalue weighted by atomic mass is 13.8. The van der Waals surface area contributed by atoms with Crippen molar-refractivity contribution in [3.63, 3.8) is 0 Å². The summed E-state index contributed by atoms with van der Waals surface area (Å²) in [5.41, 5.74) is 0. The zero-order valence-electron chi connectivity index (χ0n) is 4.44. The highest BCUT2D eigenvalue weighted by Gasteiger charge is 1.76. The van der Waals surface area contributed by atoms with Crippen LogP contribution in [0.25, 0.3) is 0 Å². The van der Waals surface area contributed by atoms with Gasteiger partial charge in [-0.1, -0.05) is 19.1 Å². The monoisotopic (exact) mass is 83.1 g/mol. The number of rotatable bonds is 1. The van der Waals surface area contributed by atoms with Gasteiger partial charge in [0.2, 0.25) is 0 Å². The Hall–Kier alpha value is -0.260. The van der Waals surface area contributed by atoms with Crippen LogP contribution in [0.1, 0.15) is 13.8 Å². The average Bonchev–Trinajstić information content (AvgIpc) is 1.35. The molecular formula is C6H11. The Morgan fingerprint density at radius 2 is 2.17 bits per heavy atom. The first-order valence-electron chi connectivity index (χ1n) is 2.23. The molecule has 0 saturated heterocycles. The summed E-state index contributed by atoms with van der Waals surface area (Å²) in [5.74, 6) is 0.468. The molecule has 6 heavy (non-hydrogen) atoms. The van der Waals surface area contributed by atoms with Crippen LogP contribution in [0.3, 0.4) is 0 Å². The Bertz CT molecular complexity index is 42.0. The maximum absolute atomic E-state index is 3.74. The van der Waals surface area contributed by atoms with Gasteiger partial charge in [-0.25, -0.2) is 0 Å². The lowest BCUT2D eigenvalue weighted by Crippen LogP contribution is -1.74. The maximum Gasteiger partial charge on any atom is -0.0262 e. The van der Waals surface area contributed by atoms with Crippen molar-refractivity contribution in [1.82, 2.24) is 0 Å². The Morgan fingerprint density at radius 3 is 2.17 bits per heavy atom. The molecule has 0 fully saturated rings. The van der Waals surface area contributed by atoms with Crippen molar-refractivity contribution < 1.29 is 0 Å². The van der Waals surface area contributed by atoms with Gasteiger partial charge in [0.25, 0.3) is 0 Å². The fourth-order valence-electron chi connectivity index (χ4n) is 0.329. The van der Waals surface area contributed by atoms with E-state index >= 15 is 0 Å². The van der Waals surface area contributed by atoms with Crippen LogP contribution in [-0.2, 0) is 0 Å². The van der Waals surface area contributed by atoms with Crippen molar-refractivity contribution in [3.05, 3.63) is 19.1 Å². The number of allylic oxidation sites excluding steroid dienone is 2.